The average molecular weight is 439 g/mol. The molecule has 0 bridgehead atoms. The highest BCUT2D eigenvalue weighted by Crippen LogP contribution is 2.34. The van der Waals surface area contributed by atoms with Crippen molar-refractivity contribution < 1.29 is 13.2 Å². The van der Waals surface area contributed by atoms with Crippen LogP contribution in [-0.2, 0) is 11.7 Å². The van der Waals surface area contributed by atoms with Crippen LogP contribution in [0, 0.1) is 0 Å². The van der Waals surface area contributed by atoms with Gasteiger partial charge in [-0.3, -0.25) is 4.98 Å². The fourth-order valence-corrected chi connectivity index (χ4v) is 4.23. The first-order chi connectivity index (χ1) is 14.7. The maximum absolute atomic E-state index is 13.0. The van der Waals surface area contributed by atoms with E-state index in [2.05, 4.69) is 27.9 Å². The van der Waals surface area contributed by atoms with E-state index < -0.39 is 17.3 Å². The van der Waals surface area contributed by atoms with Gasteiger partial charge in [0.25, 0.3) is 0 Å². The number of nitrogens with zero attached hydrogens (tertiary/aromatic N) is 1. The summed E-state index contributed by atoms with van der Waals surface area (Å²) in [6.45, 7) is 4.02. The lowest BCUT2D eigenvalue weighted by Gasteiger charge is -2.27. The van der Waals surface area contributed by atoms with Gasteiger partial charge in [-0.2, -0.15) is 13.2 Å². The topological polar surface area (TPSA) is 24.9 Å². The van der Waals surface area contributed by atoms with Crippen molar-refractivity contribution in [3.8, 4) is 11.1 Å². The molecular formula is C25H21F3N2S. The summed E-state index contributed by atoms with van der Waals surface area (Å²) < 4.78 is 42.3. The first kappa shape index (κ1) is 21.4. The quantitative estimate of drug-likeness (QED) is 0.328. The van der Waals surface area contributed by atoms with Crippen molar-refractivity contribution in [2.45, 2.75) is 30.5 Å². The maximum atomic E-state index is 13.0. The molecule has 4 aromatic rings. The van der Waals surface area contributed by atoms with Gasteiger partial charge in [-0.15, -0.1) is 0 Å². The number of pyridine rings is 1. The summed E-state index contributed by atoms with van der Waals surface area (Å²) in [6, 6.07) is 23.5. The largest absolute Gasteiger partial charge is 0.416 e. The standard InChI is InChI=1S/C25H21F3N2S/c1-24(2,30-31-20-10-6-9-19(16-20)25(26,27)28)18-8-5-7-17(15-18)21-13-14-29-23-12-4-3-11-22(21)23/h3-16,30H,1-2H3. The van der Waals surface area contributed by atoms with E-state index in [4.69, 9.17) is 0 Å². The number of halogens is 3. The van der Waals surface area contributed by atoms with Crippen LogP contribution in [0.25, 0.3) is 22.0 Å². The SMILES string of the molecule is CC(C)(NSc1cccc(C(F)(F)F)c1)c1cccc(-c2ccnc3ccccc23)c1. The summed E-state index contributed by atoms with van der Waals surface area (Å²) in [5, 5.41) is 1.08. The summed E-state index contributed by atoms with van der Waals surface area (Å²) in [4.78, 5) is 4.94. The van der Waals surface area contributed by atoms with Crippen molar-refractivity contribution in [1.29, 1.82) is 0 Å². The minimum atomic E-state index is -4.35. The Morgan fingerprint density at radius 2 is 1.55 bits per heavy atom. The van der Waals surface area contributed by atoms with Crippen LogP contribution >= 0.6 is 11.9 Å². The van der Waals surface area contributed by atoms with E-state index in [1.165, 1.54) is 18.0 Å². The third-order valence-electron chi connectivity index (χ3n) is 5.13. The molecule has 0 radical (unpaired) electrons. The molecule has 0 amide bonds. The fraction of sp³-hybridized carbons (Fsp3) is 0.160. The van der Waals surface area contributed by atoms with Crippen LogP contribution in [0.4, 0.5) is 13.2 Å². The number of rotatable bonds is 5. The third kappa shape index (κ3) is 4.75. The lowest BCUT2D eigenvalue weighted by atomic mass is 9.91. The Bertz CT molecular complexity index is 1210. The zero-order chi connectivity index (χ0) is 22.1. The minimum absolute atomic E-state index is 0.474. The van der Waals surface area contributed by atoms with E-state index in [-0.39, 0.29) is 0 Å². The van der Waals surface area contributed by atoms with Gasteiger partial charge in [0.15, 0.2) is 0 Å². The number of hydrogen-bond donors (Lipinski definition) is 1. The number of aromatic nitrogens is 1. The molecular weight excluding hydrogens is 417 g/mol. The van der Waals surface area contributed by atoms with Gasteiger partial charge >= 0.3 is 6.18 Å². The minimum Gasteiger partial charge on any atom is -0.256 e. The average Bonchev–Trinajstić information content (AvgIpc) is 2.77. The Hall–Kier alpha value is -2.83. The third-order valence-corrected chi connectivity index (χ3v) is 6.23. The molecule has 0 saturated heterocycles. The molecule has 1 aromatic heterocycles. The summed E-state index contributed by atoms with van der Waals surface area (Å²) in [7, 11) is 0. The van der Waals surface area contributed by atoms with E-state index >= 15 is 0 Å². The summed E-state index contributed by atoms with van der Waals surface area (Å²) in [6.07, 6.45) is -2.55. The van der Waals surface area contributed by atoms with Crippen LogP contribution < -0.4 is 4.72 Å². The molecule has 0 aliphatic carbocycles. The molecule has 0 spiro atoms. The van der Waals surface area contributed by atoms with Crippen molar-refractivity contribution in [2.75, 3.05) is 0 Å². The number of nitrogens with one attached hydrogen (secondary N) is 1. The smallest absolute Gasteiger partial charge is 0.256 e. The Balaban J connectivity index is 1.60. The molecule has 31 heavy (non-hydrogen) atoms. The second-order valence-corrected chi connectivity index (χ2v) is 8.69. The number of benzene rings is 3. The first-order valence-corrected chi connectivity index (χ1v) is 10.6. The molecule has 0 aliphatic rings. The van der Waals surface area contributed by atoms with Gasteiger partial charge in [-0.1, -0.05) is 42.5 Å². The summed E-state index contributed by atoms with van der Waals surface area (Å²) in [5.41, 5.74) is 3.00. The molecule has 0 atom stereocenters. The number of fused-ring (bicyclic) bond motifs is 1. The van der Waals surface area contributed by atoms with E-state index in [1.54, 1.807) is 12.3 Å². The Morgan fingerprint density at radius 1 is 0.806 bits per heavy atom. The van der Waals surface area contributed by atoms with Gasteiger partial charge in [0, 0.05) is 22.0 Å². The van der Waals surface area contributed by atoms with Crippen LogP contribution in [0.15, 0.2) is 90.0 Å². The van der Waals surface area contributed by atoms with Gasteiger partial charge in [-0.25, -0.2) is 4.72 Å². The fourth-order valence-electron chi connectivity index (χ4n) is 3.40. The van der Waals surface area contributed by atoms with E-state index in [9.17, 15) is 13.2 Å². The van der Waals surface area contributed by atoms with Crippen LogP contribution in [0.5, 0.6) is 0 Å². The van der Waals surface area contributed by atoms with E-state index in [0.29, 0.717) is 4.90 Å². The number of alkyl halides is 3. The molecule has 3 aromatic carbocycles. The molecule has 1 N–H and O–H groups in total. The van der Waals surface area contributed by atoms with Crippen LogP contribution in [0.3, 0.4) is 0 Å². The lowest BCUT2D eigenvalue weighted by molar-refractivity contribution is -0.137. The summed E-state index contributed by atoms with van der Waals surface area (Å²) in [5.74, 6) is 0. The van der Waals surface area contributed by atoms with Gasteiger partial charge in [0.2, 0.25) is 0 Å². The second-order valence-electron chi connectivity index (χ2n) is 7.81. The van der Waals surface area contributed by atoms with Crippen molar-refractivity contribution in [3.63, 3.8) is 0 Å². The molecule has 2 nitrogen and oxygen atoms in total. The van der Waals surface area contributed by atoms with Gasteiger partial charge in [0.05, 0.1) is 11.1 Å². The van der Waals surface area contributed by atoms with Gasteiger partial charge in [-0.05, 0) is 78.9 Å². The van der Waals surface area contributed by atoms with E-state index in [1.807, 2.05) is 50.2 Å². The normalized spacial score (nSPS) is 12.3. The lowest BCUT2D eigenvalue weighted by Crippen LogP contribution is -2.31. The first-order valence-electron chi connectivity index (χ1n) is 9.80. The predicted molar refractivity (Wildman–Crippen MR) is 121 cm³/mol. The molecule has 0 aliphatic heterocycles. The maximum Gasteiger partial charge on any atom is 0.416 e. The van der Waals surface area contributed by atoms with Gasteiger partial charge < -0.3 is 0 Å². The Kier molecular flexibility index (Phi) is 5.77. The van der Waals surface area contributed by atoms with E-state index in [0.717, 1.165) is 39.7 Å². The molecule has 158 valence electrons. The zero-order valence-electron chi connectivity index (χ0n) is 17.1. The highest BCUT2D eigenvalue weighted by atomic mass is 32.2. The molecule has 0 saturated carbocycles. The molecule has 4 rings (SSSR count). The number of para-hydroxylation sites is 1. The molecule has 0 fully saturated rings. The zero-order valence-corrected chi connectivity index (χ0v) is 17.9. The van der Waals surface area contributed by atoms with Crippen LogP contribution in [0.1, 0.15) is 25.0 Å². The van der Waals surface area contributed by atoms with Crippen molar-refractivity contribution in [2.24, 2.45) is 0 Å². The van der Waals surface area contributed by atoms with Crippen LogP contribution in [-0.4, -0.2) is 4.98 Å². The van der Waals surface area contributed by atoms with Gasteiger partial charge in [0.1, 0.15) is 0 Å². The molecule has 0 unspecified atom stereocenters. The van der Waals surface area contributed by atoms with Crippen molar-refractivity contribution in [3.05, 3.63) is 96.2 Å². The molecule has 6 heteroatoms. The molecule has 1 heterocycles. The van der Waals surface area contributed by atoms with Crippen molar-refractivity contribution in [1.82, 2.24) is 9.71 Å². The Morgan fingerprint density at radius 3 is 2.35 bits per heavy atom. The van der Waals surface area contributed by atoms with Crippen LogP contribution in [0.2, 0.25) is 0 Å². The predicted octanol–water partition coefficient (Wildman–Crippen LogP) is 7.45. The monoisotopic (exact) mass is 438 g/mol. The summed E-state index contributed by atoms with van der Waals surface area (Å²) >= 11 is 1.20. The Labute approximate surface area is 183 Å². The highest BCUT2D eigenvalue weighted by molar-refractivity contribution is 7.97. The van der Waals surface area contributed by atoms with Crippen molar-refractivity contribution >= 4 is 22.9 Å². The number of hydrogen-bond acceptors (Lipinski definition) is 3. The second kappa shape index (κ2) is 8.36. The highest BCUT2D eigenvalue weighted by Gasteiger charge is 2.30.